The van der Waals surface area contributed by atoms with Crippen molar-refractivity contribution in [2.24, 2.45) is 23.7 Å². The highest BCUT2D eigenvalue weighted by Gasteiger charge is 2.72. The lowest BCUT2D eigenvalue weighted by Crippen LogP contribution is -2.58. The molecule has 6 rings (SSSR count). The molecule has 0 radical (unpaired) electrons. The number of carbonyl (C=O) groups is 3. The van der Waals surface area contributed by atoms with Gasteiger partial charge < -0.3 is 25.0 Å². The van der Waals surface area contributed by atoms with Crippen molar-refractivity contribution >= 4 is 35.0 Å². The summed E-state index contributed by atoms with van der Waals surface area (Å²) in [4.78, 5) is 46.0. The second kappa shape index (κ2) is 11.7. The Morgan fingerprint density at radius 1 is 1.07 bits per heavy atom. The first kappa shape index (κ1) is 28.6. The third kappa shape index (κ3) is 5.31. The number of likely N-dealkylation sites (tertiary alicyclic amines) is 1. The molecule has 1 aliphatic carbocycles. The first-order chi connectivity index (χ1) is 19.8. The number of morpholine rings is 1. The smallest absolute Gasteiger partial charge is 0.246 e. The second-order valence-corrected chi connectivity index (χ2v) is 12.9. The van der Waals surface area contributed by atoms with E-state index in [4.69, 9.17) is 21.1 Å². The number of carbonyl (C=O) groups excluding carboxylic acids is 3. The molecule has 2 N–H and O–H groups in total. The van der Waals surface area contributed by atoms with Crippen LogP contribution >= 0.6 is 11.6 Å². The molecule has 3 saturated heterocycles. The van der Waals surface area contributed by atoms with Gasteiger partial charge in [0.1, 0.15) is 11.6 Å². The average molecular weight is 585 g/mol. The maximum atomic E-state index is 14.2. The molecular weight excluding hydrogens is 544 g/mol. The van der Waals surface area contributed by atoms with Crippen LogP contribution in [0.5, 0.6) is 0 Å². The van der Waals surface area contributed by atoms with E-state index in [1.165, 1.54) is 0 Å². The molecule has 3 amide bonds. The molecule has 1 saturated carbocycles. The van der Waals surface area contributed by atoms with Crippen LogP contribution in [-0.2, 0) is 23.9 Å². The Kier molecular flexibility index (Phi) is 8.15. The van der Waals surface area contributed by atoms with E-state index in [-0.39, 0.29) is 23.8 Å². The van der Waals surface area contributed by atoms with Gasteiger partial charge in [0.05, 0.1) is 31.2 Å². The van der Waals surface area contributed by atoms with Crippen molar-refractivity contribution in [3.8, 4) is 0 Å². The van der Waals surface area contributed by atoms with Crippen LogP contribution in [0.1, 0.15) is 39.5 Å². The molecule has 41 heavy (non-hydrogen) atoms. The molecule has 9 nitrogen and oxygen atoms in total. The van der Waals surface area contributed by atoms with E-state index in [1.807, 2.05) is 12.2 Å². The van der Waals surface area contributed by atoms with Crippen LogP contribution in [0.2, 0.25) is 5.02 Å². The lowest BCUT2D eigenvalue weighted by Gasteiger charge is -2.38. The minimum Gasteiger partial charge on any atom is -0.379 e. The predicted molar refractivity (Wildman–Crippen MR) is 155 cm³/mol. The number of benzene rings is 1. The van der Waals surface area contributed by atoms with E-state index in [0.717, 1.165) is 45.3 Å². The van der Waals surface area contributed by atoms with Crippen LogP contribution in [-0.4, -0.2) is 90.7 Å². The van der Waals surface area contributed by atoms with Crippen molar-refractivity contribution < 1.29 is 23.9 Å². The number of fused-ring (bicyclic) bond motifs is 1. The van der Waals surface area contributed by atoms with Crippen LogP contribution in [0.25, 0.3) is 0 Å². The number of ether oxygens (including phenoxy) is 2. The molecular formula is C31H41ClN4O5. The number of halogens is 1. The highest BCUT2D eigenvalue weighted by molar-refractivity contribution is 6.30. The number of nitrogens with one attached hydrogen (secondary N) is 2. The quantitative estimate of drug-likeness (QED) is 0.456. The fourth-order valence-electron chi connectivity index (χ4n) is 7.60. The minimum absolute atomic E-state index is 0.0542. The Balaban J connectivity index is 1.24. The lowest BCUT2D eigenvalue weighted by molar-refractivity contribution is -0.141. The van der Waals surface area contributed by atoms with Gasteiger partial charge in [0.2, 0.25) is 17.7 Å². The fourth-order valence-corrected chi connectivity index (χ4v) is 7.73. The molecule has 5 aliphatic rings. The molecule has 1 aromatic rings. The third-order valence-electron chi connectivity index (χ3n) is 10.0. The lowest BCUT2D eigenvalue weighted by atomic mass is 9.73. The normalized spacial score (nSPS) is 36.4. The van der Waals surface area contributed by atoms with Gasteiger partial charge in [-0.05, 0) is 48.9 Å². The summed E-state index contributed by atoms with van der Waals surface area (Å²) in [6.07, 6.45) is 7.07. The predicted octanol–water partition coefficient (Wildman–Crippen LogP) is 3.09. The summed E-state index contributed by atoms with van der Waals surface area (Å²) >= 11 is 6.02. The molecule has 4 fully saturated rings. The van der Waals surface area contributed by atoms with Gasteiger partial charge >= 0.3 is 0 Å². The van der Waals surface area contributed by atoms with Crippen molar-refractivity contribution in [1.29, 1.82) is 0 Å². The van der Waals surface area contributed by atoms with Gasteiger partial charge in [-0.25, -0.2) is 0 Å². The van der Waals surface area contributed by atoms with Gasteiger partial charge in [0.15, 0.2) is 0 Å². The summed E-state index contributed by atoms with van der Waals surface area (Å²) in [6, 6.07) is 6.12. The topological polar surface area (TPSA) is 100 Å². The summed E-state index contributed by atoms with van der Waals surface area (Å²) < 4.78 is 12.0. The summed E-state index contributed by atoms with van der Waals surface area (Å²) in [5.41, 5.74) is -0.557. The van der Waals surface area contributed by atoms with Gasteiger partial charge in [-0.2, -0.15) is 0 Å². The van der Waals surface area contributed by atoms with E-state index >= 15 is 0 Å². The molecule has 8 atom stereocenters. The maximum absolute atomic E-state index is 14.2. The zero-order valence-corrected chi connectivity index (χ0v) is 24.6. The van der Waals surface area contributed by atoms with Crippen molar-refractivity contribution in [1.82, 2.24) is 15.1 Å². The highest BCUT2D eigenvalue weighted by Crippen LogP contribution is 2.55. The van der Waals surface area contributed by atoms with Crippen molar-refractivity contribution in [3.05, 3.63) is 41.4 Å². The van der Waals surface area contributed by atoms with Gasteiger partial charge in [0.25, 0.3) is 0 Å². The number of amides is 3. The van der Waals surface area contributed by atoms with E-state index < -0.39 is 29.6 Å². The second-order valence-electron chi connectivity index (χ2n) is 12.4. The Labute approximate surface area is 246 Å². The third-order valence-corrected chi connectivity index (χ3v) is 10.3. The van der Waals surface area contributed by atoms with E-state index in [0.29, 0.717) is 42.3 Å². The van der Waals surface area contributed by atoms with Crippen molar-refractivity contribution in [2.75, 3.05) is 44.7 Å². The molecule has 0 aromatic heterocycles. The van der Waals surface area contributed by atoms with E-state index in [1.54, 1.807) is 29.2 Å². The Morgan fingerprint density at radius 3 is 2.59 bits per heavy atom. The van der Waals surface area contributed by atoms with Gasteiger partial charge in [-0.15, -0.1) is 0 Å². The molecule has 4 aliphatic heterocycles. The SMILES string of the molecule is C[C@H]1[C@H](C)CCC[C@@H]1NC(=O)[C@@H]1N(CCCN2CCOCC2)C(=O)[C@@H]2[C@H](C(=O)Nc3ccc(Cl)cc3)[C@@H]3C=C[C@]21O3. The van der Waals surface area contributed by atoms with Crippen molar-refractivity contribution in [2.45, 2.75) is 63.3 Å². The highest BCUT2D eigenvalue weighted by atomic mass is 35.5. The standard InChI is InChI=1S/C31H41ClN4O5/c1-19-5-3-6-23(20(19)2)34-29(38)27-31-12-11-24(41-31)25(28(37)33-22-9-7-21(32)8-10-22)26(31)30(39)36(27)14-4-13-35-15-17-40-18-16-35/h7-12,19-20,23-27H,3-6,13-18H2,1-2H3,(H,33,37)(H,34,38)/t19-,20+,23+,24+,25-,26+,27+,31+/m1/s1. The molecule has 1 aromatic carbocycles. The van der Waals surface area contributed by atoms with Crippen molar-refractivity contribution in [3.63, 3.8) is 0 Å². The molecule has 0 unspecified atom stereocenters. The summed E-state index contributed by atoms with van der Waals surface area (Å²) in [6.45, 7) is 8.83. The summed E-state index contributed by atoms with van der Waals surface area (Å²) in [5, 5.41) is 6.84. The number of hydrogen-bond donors (Lipinski definition) is 2. The number of nitrogens with zero attached hydrogens (tertiary/aromatic N) is 2. The van der Waals surface area contributed by atoms with Gasteiger partial charge in [-0.1, -0.05) is 50.4 Å². The Bertz CT molecular complexity index is 1190. The Hall–Kier alpha value is -2.46. The first-order valence-electron chi connectivity index (χ1n) is 15.1. The van der Waals surface area contributed by atoms with Gasteiger partial charge in [-0.3, -0.25) is 19.3 Å². The first-order valence-corrected chi connectivity index (χ1v) is 15.5. The molecule has 222 valence electrons. The largest absolute Gasteiger partial charge is 0.379 e. The van der Waals surface area contributed by atoms with Crippen LogP contribution < -0.4 is 10.6 Å². The van der Waals surface area contributed by atoms with Crippen LogP contribution in [0.3, 0.4) is 0 Å². The van der Waals surface area contributed by atoms with Crippen LogP contribution in [0, 0.1) is 23.7 Å². The fraction of sp³-hybridized carbons (Fsp3) is 0.645. The molecule has 2 bridgehead atoms. The van der Waals surface area contributed by atoms with E-state index in [9.17, 15) is 14.4 Å². The summed E-state index contributed by atoms with van der Waals surface area (Å²) in [7, 11) is 0. The molecule has 1 spiro atoms. The monoisotopic (exact) mass is 584 g/mol. The zero-order valence-electron chi connectivity index (χ0n) is 23.9. The Morgan fingerprint density at radius 2 is 1.83 bits per heavy atom. The summed E-state index contributed by atoms with van der Waals surface area (Å²) in [5.74, 6) is -1.26. The van der Waals surface area contributed by atoms with Crippen LogP contribution in [0.4, 0.5) is 5.69 Å². The van der Waals surface area contributed by atoms with Crippen LogP contribution in [0.15, 0.2) is 36.4 Å². The zero-order chi connectivity index (χ0) is 28.7. The number of anilines is 1. The number of hydrogen-bond acceptors (Lipinski definition) is 6. The molecule has 10 heteroatoms. The number of rotatable bonds is 8. The molecule has 4 heterocycles. The maximum Gasteiger partial charge on any atom is 0.246 e. The van der Waals surface area contributed by atoms with Gasteiger partial charge in [0, 0.05) is 42.9 Å². The average Bonchev–Trinajstić information content (AvgIpc) is 3.60. The van der Waals surface area contributed by atoms with E-state index in [2.05, 4.69) is 29.4 Å². The minimum atomic E-state index is -1.16.